The number of nitrogens with zero attached hydrogens (tertiary/aromatic N) is 4. The van der Waals surface area contributed by atoms with Gasteiger partial charge in [-0.3, -0.25) is 5.10 Å². The second kappa shape index (κ2) is 7.78. The van der Waals surface area contributed by atoms with Gasteiger partial charge in [-0.15, -0.1) is 0 Å². The fraction of sp³-hybridized carbons (Fsp3) is 0.320. The Morgan fingerprint density at radius 3 is 2.86 bits per heavy atom. The van der Waals surface area contributed by atoms with E-state index in [0.29, 0.717) is 17.0 Å². The summed E-state index contributed by atoms with van der Waals surface area (Å²) in [4.78, 5) is 34.9. The van der Waals surface area contributed by atoms with Crippen LogP contribution in [-0.4, -0.2) is 47.5 Å². The topological polar surface area (TPSA) is 119 Å². The normalized spacial score (nSPS) is 14.3. The number of oxazole rings is 1. The number of amides is 1. The van der Waals surface area contributed by atoms with Crippen LogP contribution >= 0.6 is 0 Å². The van der Waals surface area contributed by atoms with Crippen molar-refractivity contribution in [2.75, 3.05) is 0 Å². The zero-order valence-electron chi connectivity index (χ0n) is 19.7. The molecule has 178 valence electrons. The molecule has 0 saturated heterocycles. The quantitative estimate of drug-likeness (QED) is 0.336. The maximum absolute atomic E-state index is 13.6. The number of hydrogen-bond acceptors (Lipinski definition) is 6. The van der Waals surface area contributed by atoms with E-state index in [1.54, 1.807) is 6.20 Å². The van der Waals surface area contributed by atoms with Gasteiger partial charge in [0.2, 0.25) is 0 Å². The Morgan fingerprint density at radius 2 is 2.11 bits per heavy atom. The molecule has 6 rings (SSSR count). The minimum atomic E-state index is -0.466. The van der Waals surface area contributed by atoms with Crippen LogP contribution in [0.3, 0.4) is 0 Å². The first-order chi connectivity index (χ1) is 16.7. The molecule has 0 bridgehead atoms. The molecule has 0 aliphatic heterocycles. The standard InChI is InChI=1S/C25H25AsN6O3/c1-12-16(13-8-14-10-29-31-22(14)27-9-13)6-7-17-20(12)32(15-4-5-15)23(33)19-21(17)35-18(30-19)11-28-24(34)25(2,3)26/h6-10,15H,4-5,11,26H2,1-3H3,(H,28,34)(H,27,29,31). The van der Waals surface area contributed by atoms with Crippen LogP contribution in [0.2, 0.25) is 4.20 Å². The average molecular weight is 532 g/mol. The first-order valence-corrected chi connectivity index (χ1v) is 12.8. The first kappa shape index (κ1) is 22.0. The molecule has 4 aromatic heterocycles. The number of benzene rings is 1. The Morgan fingerprint density at radius 1 is 1.31 bits per heavy atom. The number of hydrogen-bond donors (Lipinski definition) is 2. The summed E-state index contributed by atoms with van der Waals surface area (Å²) in [6.45, 7) is 5.91. The number of aryl methyl sites for hydroxylation is 1. The first-order valence-electron chi connectivity index (χ1n) is 11.6. The Kier molecular flexibility index (Phi) is 4.90. The number of pyridine rings is 2. The van der Waals surface area contributed by atoms with E-state index in [0.717, 1.165) is 51.5 Å². The van der Waals surface area contributed by atoms with Crippen molar-refractivity contribution in [3.05, 3.63) is 52.4 Å². The molecule has 2 N–H and O–H groups in total. The van der Waals surface area contributed by atoms with Crippen molar-refractivity contribution >= 4 is 55.8 Å². The fourth-order valence-electron chi connectivity index (χ4n) is 4.54. The van der Waals surface area contributed by atoms with E-state index >= 15 is 0 Å². The SMILES string of the molecule is Cc1c(-c2cnc3[nH]ncc3c2)ccc2c3oc(CNC(=O)C(C)(C)[AsH2])nc3c(=O)n(C3CC3)c12. The minimum absolute atomic E-state index is 0.0799. The number of H-pyrrole nitrogens is 1. The summed E-state index contributed by atoms with van der Waals surface area (Å²) < 4.78 is 7.48. The van der Waals surface area contributed by atoms with Crippen molar-refractivity contribution in [1.82, 2.24) is 30.0 Å². The molecule has 10 heteroatoms. The van der Waals surface area contributed by atoms with Gasteiger partial charge in [-0.2, -0.15) is 5.10 Å². The second-order valence-corrected chi connectivity index (χ2v) is 12.8. The van der Waals surface area contributed by atoms with E-state index in [-0.39, 0.29) is 24.1 Å². The summed E-state index contributed by atoms with van der Waals surface area (Å²) in [7, 11) is 0. The van der Waals surface area contributed by atoms with Gasteiger partial charge < -0.3 is 0 Å². The van der Waals surface area contributed by atoms with Gasteiger partial charge in [0.1, 0.15) is 0 Å². The summed E-state index contributed by atoms with van der Waals surface area (Å²) in [5.74, 6) is 0.247. The van der Waals surface area contributed by atoms with E-state index in [4.69, 9.17) is 4.42 Å². The Bertz CT molecular complexity index is 1700. The number of carbonyl (C=O) groups excluding carboxylic acids is 1. The number of aromatic amines is 1. The summed E-state index contributed by atoms with van der Waals surface area (Å²) in [6.07, 6.45) is 5.49. The van der Waals surface area contributed by atoms with Gasteiger partial charge in [-0.05, 0) is 6.07 Å². The third-order valence-corrected chi connectivity index (χ3v) is 7.06. The van der Waals surface area contributed by atoms with Crippen LogP contribution in [0.25, 0.3) is 44.2 Å². The van der Waals surface area contributed by atoms with Gasteiger partial charge in [0.15, 0.2) is 5.65 Å². The monoisotopic (exact) mass is 532 g/mol. The van der Waals surface area contributed by atoms with Crippen molar-refractivity contribution in [1.29, 1.82) is 0 Å². The summed E-state index contributed by atoms with van der Waals surface area (Å²) >= 11 is 1.34. The summed E-state index contributed by atoms with van der Waals surface area (Å²) in [5.41, 5.74) is 5.15. The average Bonchev–Trinajstić information content (AvgIpc) is 3.37. The molecule has 1 saturated carbocycles. The molecule has 0 spiro atoms. The van der Waals surface area contributed by atoms with E-state index in [1.165, 1.54) is 16.9 Å². The van der Waals surface area contributed by atoms with Gasteiger partial charge in [-0.25, -0.2) is 4.98 Å². The molecular weight excluding hydrogens is 507 g/mol. The number of carbonyl (C=O) groups is 1. The molecule has 1 atom stereocenters. The van der Waals surface area contributed by atoms with Crippen LogP contribution in [0.15, 0.2) is 39.8 Å². The number of rotatable bonds is 5. The van der Waals surface area contributed by atoms with Gasteiger partial charge in [0, 0.05) is 11.6 Å². The fourth-order valence-corrected chi connectivity index (χ4v) is 4.75. The Balaban J connectivity index is 1.52. The van der Waals surface area contributed by atoms with E-state index < -0.39 is 4.20 Å². The van der Waals surface area contributed by atoms with Crippen LogP contribution in [0.5, 0.6) is 0 Å². The van der Waals surface area contributed by atoms with Crippen molar-refractivity contribution < 1.29 is 9.21 Å². The third-order valence-electron chi connectivity index (χ3n) is 6.51. The van der Waals surface area contributed by atoms with Gasteiger partial charge in [0.05, 0.1) is 6.20 Å². The van der Waals surface area contributed by atoms with Crippen molar-refractivity contribution in [3.63, 3.8) is 0 Å². The van der Waals surface area contributed by atoms with Crippen LogP contribution in [-0.2, 0) is 11.3 Å². The molecule has 1 aromatic carbocycles. The molecule has 35 heavy (non-hydrogen) atoms. The summed E-state index contributed by atoms with van der Waals surface area (Å²) in [5, 5.41) is 11.6. The molecule has 1 amide bonds. The second-order valence-electron chi connectivity index (χ2n) is 9.76. The Labute approximate surface area is 208 Å². The molecular formula is C25H25AsN6O3. The molecule has 0 radical (unpaired) electrons. The van der Waals surface area contributed by atoms with Crippen LogP contribution < -0.4 is 10.9 Å². The molecule has 1 fully saturated rings. The van der Waals surface area contributed by atoms with Crippen LogP contribution in [0, 0.1) is 6.92 Å². The molecule has 1 unspecified atom stereocenters. The van der Waals surface area contributed by atoms with E-state index in [1.807, 2.05) is 49.7 Å². The van der Waals surface area contributed by atoms with Crippen LogP contribution in [0.4, 0.5) is 0 Å². The predicted molar refractivity (Wildman–Crippen MR) is 136 cm³/mol. The van der Waals surface area contributed by atoms with Gasteiger partial charge in [0.25, 0.3) is 0 Å². The number of nitrogens with one attached hydrogen (secondary N) is 2. The van der Waals surface area contributed by atoms with Gasteiger partial charge >= 0.3 is 164 Å². The van der Waals surface area contributed by atoms with Crippen molar-refractivity contribution in [2.24, 2.45) is 0 Å². The van der Waals surface area contributed by atoms with Gasteiger partial charge in [-0.1, -0.05) is 0 Å². The Hall–Kier alpha value is -3.45. The zero-order chi connectivity index (χ0) is 24.5. The summed E-state index contributed by atoms with van der Waals surface area (Å²) in [6, 6.07) is 6.22. The number of aromatic nitrogens is 5. The van der Waals surface area contributed by atoms with Crippen LogP contribution in [0.1, 0.15) is 44.2 Å². The maximum atomic E-state index is 13.6. The molecule has 1 aliphatic carbocycles. The number of fused-ring (bicyclic) bond motifs is 4. The third kappa shape index (κ3) is 3.65. The van der Waals surface area contributed by atoms with Crippen molar-refractivity contribution in [2.45, 2.75) is 50.4 Å². The molecule has 1 aliphatic rings. The molecule has 9 nitrogen and oxygen atoms in total. The predicted octanol–water partition coefficient (Wildman–Crippen LogP) is 3.17. The van der Waals surface area contributed by atoms with E-state index in [9.17, 15) is 9.59 Å². The molecule has 5 aromatic rings. The molecule has 4 heterocycles. The van der Waals surface area contributed by atoms with Crippen molar-refractivity contribution in [3.8, 4) is 11.1 Å². The van der Waals surface area contributed by atoms with E-state index in [2.05, 4.69) is 25.5 Å². The zero-order valence-corrected chi connectivity index (χ0v) is 22.1.